The normalized spacial score (nSPS) is 17.8. The van der Waals surface area contributed by atoms with Gasteiger partial charge in [0.05, 0.1) is 0 Å². The number of hydrogen-bond acceptors (Lipinski definition) is 0. The van der Waals surface area contributed by atoms with E-state index in [4.69, 9.17) is 18.6 Å². The molecule has 0 saturated heterocycles. The summed E-state index contributed by atoms with van der Waals surface area (Å²) in [5.74, 6) is 0. The molecule has 0 aromatic heterocycles. The van der Waals surface area contributed by atoms with E-state index in [0.29, 0.717) is 0 Å². The molecule has 2 aliphatic carbocycles. The Balaban J connectivity index is -0.000000176. The first-order valence-electron chi connectivity index (χ1n) is 6.38. The Kier molecular flexibility index (Phi) is 30.9. The zero-order valence-corrected chi connectivity index (χ0v) is 14.8. The first-order valence-corrected chi connectivity index (χ1v) is 10.7. The van der Waals surface area contributed by atoms with Crippen molar-refractivity contribution in [1.29, 1.82) is 0 Å². The van der Waals surface area contributed by atoms with E-state index in [1.807, 2.05) is 0 Å². The summed E-state index contributed by atoms with van der Waals surface area (Å²) in [6, 6.07) is 0. The van der Waals surface area contributed by atoms with Crippen molar-refractivity contribution in [2.75, 3.05) is 0 Å². The van der Waals surface area contributed by atoms with Gasteiger partial charge in [0.2, 0.25) is 0 Å². The summed E-state index contributed by atoms with van der Waals surface area (Å²) in [6.45, 7) is 0. The summed E-state index contributed by atoms with van der Waals surface area (Å²) >= 11 is -0.556. The van der Waals surface area contributed by atoms with Gasteiger partial charge in [0, 0.05) is 0 Å². The Morgan fingerprint density at radius 3 is 0.529 bits per heavy atom. The second kappa shape index (κ2) is 22.5. The van der Waals surface area contributed by atoms with E-state index in [2.05, 4.69) is 0 Å². The van der Waals surface area contributed by atoms with Gasteiger partial charge in [-0.25, -0.2) is 0 Å². The third-order valence-corrected chi connectivity index (χ3v) is 3.00. The van der Waals surface area contributed by atoms with Crippen molar-refractivity contribution in [1.82, 2.24) is 0 Å². The Morgan fingerprint density at radius 1 is 0.412 bits per heavy atom. The van der Waals surface area contributed by atoms with Gasteiger partial charge in [0.1, 0.15) is 0 Å². The zero-order valence-electron chi connectivity index (χ0n) is 11.7. The summed E-state index contributed by atoms with van der Waals surface area (Å²) in [6.07, 6.45) is 18.0. The first kappa shape index (κ1) is 23.4. The van der Waals surface area contributed by atoms with Crippen LogP contribution in [0.25, 0.3) is 0 Å². The Hall–Kier alpha value is 1.29. The Morgan fingerprint density at radius 2 is 0.471 bits per heavy atom. The monoisotopic (exact) mass is 316 g/mol. The van der Waals surface area contributed by atoms with E-state index in [1.54, 1.807) is 0 Å². The van der Waals surface area contributed by atoms with Gasteiger partial charge in [-0.2, -0.15) is 0 Å². The van der Waals surface area contributed by atoms with Gasteiger partial charge in [-0.05, 0) is 0 Å². The van der Waals surface area contributed by atoms with Gasteiger partial charge < -0.3 is 14.9 Å². The van der Waals surface area contributed by atoms with Crippen LogP contribution in [-0.4, -0.2) is 0 Å². The quantitative estimate of drug-likeness (QED) is 0.257. The molecule has 17 heavy (non-hydrogen) atoms. The summed E-state index contributed by atoms with van der Waals surface area (Å²) < 4.78 is 0. The standard InChI is InChI=1S/C7H14.C5H10.2CH3.2ClH.Ti/c1-2-4-6-7-5-3-1;1-2-4-5-3-1;;;;;/h1-7H2;1-5H2;2*1H3;2*1H;/q;;2*-1;;;+2/p-2. The van der Waals surface area contributed by atoms with Crippen molar-refractivity contribution in [2.45, 2.75) is 77.0 Å². The van der Waals surface area contributed by atoms with Crippen LogP contribution in [0.3, 0.4) is 0 Å². The van der Waals surface area contributed by atoms with Crippen LogP contribution in [0.2, 0.25) is 0 Å². The molecule has 0 heterocycles. The van der Waals surface area contributed by atoms with Crippen LogP contribution < -0.4 is 0 Å². The fraction of sp³-hybridized carbons (Fsp3) is 0.857. The molecular weight excluding hydrogens is 287 g/mol. The van der Waals surface area contributed by atoms with Gasteiger partial charge >= 0.3 is 35.6 Å². The predicted molar refractivity (Wildman–Crippen MR) is 79.9 cm³/mol. The average molecular weight is 317 g/mol. The molecule has 2 saturated carbocycles. The fourth-order valence-corrected chi connectivity index (χ4v) is 2.12. The molecule has 0 bridgehead atoms. The van der Waals surface area contributed by atoms with Gasteiger partial charge in [0.25, 0.3) is 0 Å². The molecule has 0 nitrogen and oxygen atoms in total. The Labute approximate surface area is 127 Å². The third-order valence-electron chi connectivity index (χ3n) is 3.00. The van der Waals surface area contributed by atoms with Crippen molar-refractivity contribution >= 4 is 18.6 Å². The number of rotatable bonds is 0. The summed E-state index contributed by atoms with van der Waals surface area (Å²) in [5.41, 5.74) is 0. The molecule has 0 N–H and O–H groups in total. The van der Waals surface area contributed by atoms with Gasteiger partial charge in [-0.1, -0.05) is 77.0 Å². The second-order valence-corrected chi connectivity index (χ2v) is 6.89. The summed E-state index contributed by atoms with van der Waals surface area (Å²) in [7, 11) is 9.78. The molecule has 0 amide bonds. The van der Waals surface area contributed by atoms with Crippen LogP contribution in [0, 0.1) is 14.9 Å². The fourth-order valence-electron chi connectivity index (χ4n) is 2.12. The molecule has 2 fully saturated rings. The van der Waals surface area contributed by atoms with E-state index in [-0.39, 0.29) is 14.9 Å². The summed E-state index contributed by atoms with van der Waals surface area (Å²) in [4.78, 5) is 0. The molecule has 0 spiro atoms. The van der Waals surface area contributed by atoms with E-state index in [0.717, 1.165) is 0 Å². The van der Waals surface area contributed by atoms with Gasteiger partial charge in [-0.3, -0.25) is 0 Å². The maximum absolute atomic E-state index is 4.89. The Bertz CT molecular complexity index is 79.1. The molecule has 3 heteroatoms. The number of hydrogen-bond donors (Lipinski definition) is 0. The molecule has 106 valence electrons. The second-order valence-electron chi connectivity index (χ2n) is 4.31. The predicted octanol–water partition coefficient (Wildman–Crippen LogP) is 6.96. The first-order chi connectivity index (χ1) is 7.41. The molecule has 0 atom stereocenters. The van der Waals surface area contributed by atoms with E-state index >= 15 is 0 Å². The van der Waals surface area contributed by atoms with Crippen LogP contribution in [0.5, 0.6) is 0 Å². The van der Waals surface area contributed by atoms with Crippen LogP contribution in [-0.2, 0) is 17.0 Å². The molecule has 0 aromatic carbocycles. The zero-order chi connectivity index (χ0) is 11.2. The summed E-state index contributed by atoms with van der Waals surface area (Å²) in [5, 5.41) is 0. The minimum absolute atomic E-state index is 0. The van der Waals surface area contributed by atoms with Gasteiger partial charge in [0.15, 0.2) is 0 Å². The van der Waals surface area contributed by atoms with Crippen molar-refractivity contribution in [2.24, 2.45) is 0 Å². The minimum atomic E-state index is -0.556. The SMILES string of the molecule is C1CCCC1.C1CCCCCC1.[CH3-].[CH3-].[Cl][Ti][Cl]. The van der Waals surface area contributed by atoms with E-state index < -0.39 is 17.0 Å². The molecule has 0 radical (unpaired) electrons. The van der Waals surface area contributed by atoms with Crippen LogP contribution in [0.15, 0.2) is 0 Å². The number of halogens is 2. The van der Waals surface area contributed by atoms with Crippen LogP contribution in [0.4, 0.5) is 0 Å². The molecule has 2 aliphatic rings. The molecule has 0 aromatic rings. The molecule has 2 rings (SSSR count). The van der Waals surface area contributed by atoms with Crippen LogP contribution in [0.1, 0.15) is 77.0 Å². The molecular formula is C14H30Cl2Ti-2. The molecule has 0 aliphatic heterocycles. The maximum atomic E-state index is 4.89. The van der Waals surface area contributed by atoms with Gasteiger partial charge in [-0.15, -0.1) is 0 Å². The van der Waals surface area contributed by atoms with E-state index in [9.17, 15) is 0 Å². The van der Waals surface area contributed by atoms with Crippen molar-refractivity contribution in [3.8, 4) is 0 Å². The molecule has 0 unspecified atom stereocenters. The topological polar surface area (TPSA) is 0 Å². The average Bonchev–Trinajstić information content (AvgIpc) is 2.68. The third kappa shape index (κ3) is 22.9. The van der Waals surface area contributed by atoms with Crippen molar-refractivity contribution in [3.05, 3.63) is 14.9 Å². The van der Waals surface area contributed by atoms with Crippen molar-refractivity contribution < 1.29 is 17.0 Å². The van der Waals surface area contributed by atoms with E-state index in [1.165, 1.54) is 77.0 Å². The van der Waals surface area contributed by atoms with Crippen molar-refractivity contribution in [3.63, 3.8) is 0 Å². The van der Waals surface area contributed by atoms with Crippen LogP contribution >= 0.6 is 18.6 Å².